The van der Waals surface area contributed by atoms with E-state index in [0.717, 1.165) is 0 Å². The topological polar surface area (TPSA) is 105 Å². The molecule has 8 nitrogen and oxygen atoms in total. The van der Waals surface area contributed by atoms with Crippen molar-refractivity contribution >= 4 is 34.2 Å². The number of aromatic nitrogens is 2. The zero-order valence-electron chi connectivity index (χ0n) is 15.7. The van der Waals surface area contributed by atoms with Gasteiger partial charge in [0.05, 0.1) is 18.3 Å². The van der Waals surface area contributed by atoms with Crippen LogP contribution in [-0.4, -0.2) is 28.3 Å². The second-order valence-corrected chi connectivity index (χ2v) is 6.25. The van der Waals surface area contributed by atoms with Crippen LogP contribution in [0.5, 0.6) is 0 Å². The Morgan fingerprint density at radius 3 is 2.45 bits per heavy atom. The summed E-state index contributed by atoms with van der Waals surface area (Å²) in [6.07, 6.45) is 3.05. The quantitative estimate of drug-likeness (QED) is 0.539. The van der Waals surface area contributed by atoms with Crippen LogP contribution >= 0.6 is 0 Å². The number of anilines is 2. The Morgan fingerprint density at radius 1 is 1.03 bits per heavy atom. The van der Waals surface area contributed by atoms with E-state index in [1.807, 2.05) is 6.07 Å². The van der Waals surface area contributed by atoms with Gasteiger partial charge in [-0.2, -0.15) is 5.10 Å². The van der Waals surface area contributed by atoms with Crippen LogP contribution in [0.1, 0.15) is 6.42 Å². The summed E-state index contributed by atoms with van der Waals surface area (Å²) < 4.78 is 1.64. The molecule has 3 rings (SSSR count). The maximum atomic E-state index is 12.3. The Labute approximate surface area is 167 Å². The van der Waals surface area contributed by atoms with Crippen molar-refractivity contribution in [3.8, 4) is 0 Å². The molecular weight excluding hydrogens is 370 g/mol. The van der Waals surface area contributed by atoms with Crippen molar-refractivity contribution in [2.45, 2.75) is 13.0 Å². The van der Waals surface area contributed by atoms with Crippen molar-refractivity contribution in [1.29, 1.82) is 0 Å². The van der Waals surface area contributed by atoms with E-state index < -0.39 is 0 Å². The van der Waals surface area contributed by atoms with E-state index in [0.29, 0.717) is 35.4 Å². The van der Waals surface area contributed by atoms with Crippen molar-refractivity contribution in [3.05, 3.63) is 77.6 Å². The monoisotopic (exact) mass is 391 g/mol. The number of hydrogen-bond acceptors (Lipinski definition) is 4. The van der Waals surface area contributed by atoms with Crippen molar-refractivity contribution in [2.24, 2.45) is 0 Å². The van der Waals surface area contributed by atoms with E-state index in [4.69, 9.17) is 0 Å². The van der Waals surface area contributed by atoms with Gasteiger partial charge < -0.3 is 16.0 Å². The Morgan fingerprint density at radius 2 is 1.72 bits per heavy atom. The largest absolute Gasteiger partial charge is 0.334 e. The van der Waals surface area contributed by atoms with Crippen LogP contribution in [0, 0.1) is 0 Å². The summed E-state index contributed by atoms with van der Waals surface area (Å²) >= 11 is 0. The van der Waals surface area contributed by atoms with Crippen LogP contribution in [0.4, 0.5) is 16.2 Å². The minimum absolute atomic E-state index is 0.145. The number of amides is 3. The molecule has 2 aromatic carbocycles. The fourth-order valence-electron chi connectivity index (χ4n) is 2.75. The molecule has 3 amide bonds. The fraction of sp³-hybridized carbons (Fsp3) is 0.143. The molecule has 1 heterocycles. The standard InChI is InChI=1S/C21H21N5O3/c1-2-12-22-21(29)25-16-9-7-15(8-10-16)24-20(28)11-13-26-18-6-4-3-5-17(18)19(27)14-23-26/h2-10,14H,1,11-13H2,(H,24,28)(H2,22,25,29). The number of carbonyl (C=O) groups is 2. The van der Waals surface area contributed by atoms with Crippen molar-refractivity contribution < 1.29 is 9.59 Å². The number of benzene rings is 2. The average molecular weight is 391 g/mol. The Bertz CT molecular complexity index is 1090. The van der Waals surface area contributed by atoms with Crippen LogP contribution in [0.2, 0.25) is 0 Å². The van der Waals surface area contributed by atoms with Gasteiger partial charge in [0.1, 0.15) is 0 Å². The Kier molecular flexibility index (Phi) is 6.36. The fourth-order valence-corrected chi connectivity index (χ4v) is 2.75. The molecule has 0 saturated carbocycles. The van der Waals surface area contributed by atoms with Gasteiger partial charge in [-0.05, 0) is 36.4 Å². The van der Waals surface area contributed by atoms with Crippen LogP contribution in [0.25, 0.3) is 10.9 Å². The number of hydrogen-bond donors (Lipinski definition) is 3. The maximum absolute atomic E-state index is 12.3. The number of fused-ring (bicyclic) bond motifs is 1. The number of nitrogens with one attached hydrogen (secondary N) is 3. The third kappa shape index (κ3) is 5.29. The molecule has 0 aliphatic heterocycles. The van der Waals surface area contributed by atoms with Gasteiger partial charge >= 0.3 is 6.03 Å². The second kappa shape index (κ2) is 9.32. The summed E-state index contributed by atoms with van der Waals surface area (Å²) in [6, 6.07) is 13.6. The predicted octanol–water partition coefficient (Wildman–Crippen LogP) is 2.73. The molecule has 1 aromatic heterocycles. The molecule has 8 heteroatoms. The van der Waals surface area contributed by atoms with Gasteiger partial charge in [0.2, 0.25) is 11.3 Å². The van der Waals surface area contributed by atoms with E-state index in [1.54, 1.807) is 53.2 Å². The molecule has 0 bridgehead atoms. The second-order valence-electron chi connectivity index (χ2n) is 6.25. The van der Waals surface area contributed by atoms with Crippen molar-refractivity contribution in [1.82, 2.24) is 15.1 Å². The van der Waals surface area contributed by atoms with E-state index in [-0.39, 0.29) is 23.8 Å². The first-order valence-corrected chi connectivity index (χ1v) is 9.07. The molecule has 0 aliphatic rings. The number of rotatable bonds is 7. The minimum atomic E-state index is -0.331. The lowest BCUT2D eigenvalue weighted by Crippen LogP contribution is -2.28. The summed E-state index contributed by atoms with van der Waals surface area (Å²) in [7, 11) is 0. The molecule has 0 saturated heterocycles. The third-order valence-electron chi connectivity index (χ3n) is 4.15. The van der Waals surface area contributed by atoms with Crippen molar-refractivity contribution in [2.75, 3.05) is 17.2 Å². The average Bonchev–Trinajstić information content (AvgIpc) is 2.73. The predicted molar refractivity (Wildman–Crippen MR) is 113 cm³/mol. The van der Waals surface area contributed by atoms with E-state index >= 15 is 0 Å². The summed E-state index contributed by atoms with van der Waals surface area (Å²) in [4.78, 5) is 35.7. The van der Waals surface area contributed by atoms with Gasteiger partial charge in [-0.1, -0.05) is 18.2 Å². The first-order chi connectivity index (χ1) is 14.1. The summed E-state index contributed by atoms with van der Waals surface area (Å²) in [5.41, 5.74) is 1.77. The minimum Gasteiger partial charge on any atom is -0.334 e. The van der Waals surface area contributed by atoms with E-state index in [1.165, 1.54) is 6.20 Å². The van der Waals surface area contributed by atoms with Crippen LogP contribution in [0.15, 0.2) is 72.2 Å². The maximum Gasteiger partial charge on any atom is 0.319 e. The Hall–Kier alpha value is -3.94. The molecule has 0 spiro atoms. The van der Waals surface area contributed by atoms with E-state index in [2.05, 4.69) is 27.6 Å². The molecule has 0 fully saturated rings. The number of para-hydroxylation sites is 1. The lowest BCUT2D eigenvalue weighted by molar-refractivity contribution is -0.116. The Balaban J connectivity index is 1.56. The lowest BCUT2D eigenvalue weighted by atomic mass is 10.2. The van der Waals surface area contributed by atoms with Crippen LogP contribution < -0.4 is 21.4 Å². The highest BCUT2D eigenvalue weighted by Crippen LogP contribution is 2.14. The summed E-state index contributed by atoms with van der Waals surface area (Å²) in [6.45, 7) is 4.25. The number of urea groups is 1. The van der Waals surface area contributed by atoms with Gasteiger partial charge in [0, 0.05) is 29.7 Å². The molecule has 148 valence electrons. The van der Waals surface area contributed by atoms with Gasteiger partial charge in [-0.25, -0.2) is 4.79 Å². The van der Waals surface area contributed by atoms with Gasteiger partial charge in [-0.15, -0.1) is 6.58 Å². The van der Waals surface area contributed by atoms with Crippen LogP contribution in [-0.2, 0) is 11.3 Å². The molecule has 0 unspecified atom stereocenters. The van der Waals surface area contributed by atoms with E-state index in [9.17, 15) is 14.4 Å². The van der Waals surface area contributed by atoms with Gasteiger partial charge in [0.15, 0.2) is 0 Å². The lowest BCUT2D eigenvalue weighted by Gasteiger charge is -2.10. The molecule has 29 heavy (non-hydrogen) atoms. The molecule has 3 N–H and O–H groups in total. The zero-order valence-corrected chi connectivity index (χ0v) is 15.7. The highest BCUT2D eigenvalue weighted by atomic mass is 16.2. The SMILES string of the molecule is C=CCNC(=O)Nc1ccc(NC(=O)CCn2ncc(=O)c3ccccc32)cc1. The van der Waals surface area contributed by atoms with Crippen LogP contribution in [0.3, 0.4) is 0 Å². The number of carbonyl (C=O) groups excluding carboxylic acids is 2. The zero-order chi connectivity index (χ0) is 20.6. The third-order valence-corrected chi connectivity index (χ3v) is 4.15. The highest BCUT2D eigenvalue weighted by Gasteiger charge is 2.07. The number of nitrogens with zero attached hydrogens (tertiary/aromatic N) is 2. The summed E-state index contributed by atoms with van der Waals surface area (Å²) in [5, 5.41) is 12.8. The first-order valence-electron chi connectivity index (χ1n) is 9.07. The number of aryl methyl sites for hydroxylation is 1. The molecule has 0 radical (unpaired) electrons. The van der Waals surface area contributed by atoms with Gasteiger partial charge in [-0.3, -0.25) is 14.3 Å². The first kappa shape index (κ1) is 19.8. The summed E-state index contributed by atoms with van der Waals surface area (Å²) in [5.74, 6) is -0.181. The molecule has 3 aromatic rings. The van der Waals surface area contributed by atoms with Gasteiger partial charge in [0.25, 0.3) is 0 Å². The normalized spacial score (nSPS) is 10.3. The van der Waals surface area contributed by atoms with Crippen molar-refractivity contribution in [3.63, 3.8) is 0 Å². The molecule has 0 atom stereocenters. The smallest absolute Gasteiger partial charge is 0.319 e. The highest BCUT2D eigenvalue weighted by molar-refractivity contribution is 5.92. The molecular formula is C21H21N5O3. The molecule has 0 aliphatic carbocycles.